The van der Waals surface area contributed by atoms with Gasteiger partial charge >= 0.3 is 11.9 Å². The third kappa shape index (κ3) is 3.08. The van der Waals surface area contributed by atoms with Gasteiger partial charge in [-0.05, 0) is 23.8 Å². The zero-order valence-electron chi connectivity index (χ0n) is 17.5. The van der Waals surface area contributed by atoms with Crippen molar-refractivity contribution < 1.29 is 23.8 Å². The predicted octanol–water partition coefficient (Wildman–Crippen LogP) is 2.41. The van der Waals surface area contributed by atoms with Crippen LogP contribution in [-0.2, 0) is 26.1 Å². The summed E-state index contributed by atoms with van der Waals surface area (Å²) in [4.78, 5) is 30.2. The number of hydrogen-bond acceptors (Lipinski definition) is 6. The molecule has 4 rings (SSSR count). The van der Waals surface area contributed by atoms with Crippen LogP contribution in [0.2, 0.25) is 0 Å². The van der Waals surface area contributed by atoms with Crippen molar-refractivity contribution in [3.05, 3.63) is 64.5 Å². The molecule has 3 aromatic rings. The van der Waals surface area contributed by atoms with Crippen LogP contribution in [0.15, 0.2) is 36.5 Å². The third-order valence-electron chi connectivity index (χ3n) is 5.68. The highest BCUT2D eigenvalue weighted by molar-refractivity contribution is 5.98. The highest BCUT2D eigenvalue weighted by Crippen LogP contribution is 2.38. The van der Waals surface area contributed by atoms with E-state index in [0.717, 1.165) is 21.3 Å². The number of esters is 2. The molecule has 3 heterocycles. The first-order chi connectivity index (χ1) is 14.1. The molecule has 1 aliphatic rings. The summed E-state index contributed by atoms with van der Waals surface area (Å²) in [6.45, 7) is 6.52. The van der Waals surface area contributed by atoms with Crippen LogP contribution < -0.4 is 4.73 Å². The molecule has 0 spiro atoms. The Kier molecular flexibility index (Phi) is 4.52. The van der Waals surface area contributed by atoms with Crippen LogP contribution in [0.5, 0.6) is 0 Å². The fourth-order valence-electron chi connectivity index (χ4n) is 3.98. The molecule has 2 aromatic heterocycles. The Morgan fingerprint density at radius 3 is 2.43 bits per heavy atom. The van der Waals surface area contributed by atoms with Crippen molar-refractivity contribution >= 4 is 22.8 Å². The number of benzene rings is 1. The van der Waals surface area contributed by atoms with Crippen LogP contribution in [0.25, 0.3) is 10.9 Å². The molecule has 1 aliphatic heterocycles. The average molecular weight is 409 g/mol. The van der Waals surface area contributed by atoms with Gasteiger partial charge in [-0.15, -0.1) is 0 Å². The minimum absolute atomic E-state index is 0.270. The van der Waals surface area contributed by atoms with Crippen molar-refractivity contribution in [2.45, 2.75) is 39.4 Å². The lowest BCUT2D eigenvalue weighted by Gasteiger charge is -2.35. The number of nitrogens with zero attached hydrogens (tertiary/aromatic N) is 3. The first-order valence-electron chi connectivity index (χ1n) is 9.66. The van der Waals surface area contributed by atoms with Crippen molar-refractivity contribution in [2.24, 2.45) is 13.0 Å². The zero-order valence-corrected chi connectivity index (χ0v) is 17.5. The lowest BCUT2D eigenvalue weighted by molar-refractivity contribution is -0.621. The minimum atomic E-state index is -1.35. The number of carbonyl (C=O) groups excluding carboxylic acids is 2. The maximum atomic E-state index is 13.1. The van der Waals surface area contributed by atoms with E-state index in [2.05, 4.69) is 4.98 Å². The molecule has 0 saturated carbocycles. The van der Waals surface area contributed by atoms with E-state index in [1.807, 2.05) is 19.1 Å². The predicted molar refractivity (Wildman–Crippen MR) is 107 cm³/mol. The van der Waals surface area contributed by atoms with Gasteiger partial charge in [0.2, 0.25) is 0 Å². The number of aromatic nitrogens is 3. The van der Waals surface area contributed by atoms with Crippen LogP contribution >= 0.6 is 0 Å². The molecule has 0 amide bonds. The second kappa shape index (κ2) is 6.83. The van der Waals surface area contributed by atoms with Gasteiger partial charge in [-0.2, -0.15) is 0 Å². The highest BCUT2D eigenvalue weighted by Gasteiger charge is 2.51. The Morgan fingerprint density at radius 1 is 1.17 bits per heavy atom. The monoisotopic (exact) mass is 409 g/mol. The van der Waals surface area contributed by atoms with Crippen LogP contribution in [-0.4, -0.2) is 27.3 Å². The zero-order chi connectivity index (χ0) is 21.8. The van der Waals surface area contributed by atoms with Crippen molar-refractivity contribution in [1.82, 2.24) is 9.55 Å². The van der Waals surface area contributed by atoms with Gasteiger partial charge in [0.1, 0.15) is 17.3 Å². The summed E-state index contributed by atoms with van der Waals surface area (Å²) < 4.78 is 13.2. The Balaban J connectivity index is 1.95. The standard InChI is InChI=1S/C22H23N3O5/c1-12-13(2)25(28)19(24(12)5)17(18-20(26)29-22(3,4)30-21(18)27)15-8-9-16-14(11-15)7-6-10-23-16/h6-11,17-18H,1-5H3/t17-/m0/s1. The molecule has 1 saturated heterocycles. The van der Waals surface area contributed by atoms with Crippen molar-refractivity contribution in [3.63, 3.8) is 0 Å². The second-order valence-electron chi connectivity index (χ2n) is 8.04. The summed E-state index contributed by atoms with van der Waals surface area (Å²) >= 11 is 0. The van der Waals surface area contributed by atoms with Crippen molar-refractivity contribution in [1.29, 1.82) is 0 Å². The van der Waals surface area contributed by atoms with Crippen LogP contribution in [0.1, 0.15) is 42.5 Å². The van der Waals surface area contributed by atoms with E-state index in [-0.39, 0.29) is 5.82 Å². The number of hydrogen-bond donors (Lipinski definition) is 0. The van der Waals surface area contributed by atoms with Gasteiger partial charge in [-0.25, -0.2) is 9.30 Å². The van der Waals surface area contributed by atoms with Gasteiger partial charge < -0.3 is 14.7 Å². The molecule has 156 valence electrons. The quantitative estimate of drug-likeness (QED) is 0.285. The molecule has 30 heavy (non-hydrogen) atoms. The minimum Gasteiger partial charge on any atom is -0.711 e. The molecule has 0 aliphatic carbocycles. The summed E-state index contributed by atoms with van der Waals surface area (Å²) in [7, 11) is 1.74. The Bertz CT molecular complexity index is 1140. The first kappa shape index (κ1) is 19.9. The van der Waals surface area contributed by atoms with Gasteiger partial charge in [0, 0.05) is 39.3 Å². The number of cyclic esters (lactones) is 2. The van der Waals surface area contributed by atoms with E-state index in [1.165, 1.54) is 13.8 Å². The molecule has 0 unspecified atom stereocenters. The molecule has 1 atom stereocenters. The first-order valence-corrected chi connectivity index (χ1v) is 9.66. The van der Waals surface area contributed by atoms with Gasteiger partial charge in [0.05, 0.1) is 12.6 Å². The summed E-state index contributed by atoms with van der Waals surface area (Å²) in [5, 5.41) is 13.9. The largest absolute Gasteiger partial charge is 0.711 e. The number of carbonyl (C=O) groups is 2. The Labute approximate surface area is 173 Å². The van der Waals surface area contributed by atoms with Crippen molar-refractivity contribution in [2.75, 3.05) is 0 Å². The molecular weight excluding hydrogens is 386 g/mol. The smallest absolute Gasteiger partial charge is 0.324 e. The van der Waals surface area contributed by atoms with E-state index < -0.39 is 29.6 Å². The number of imidazole rings is 1. The Hall–Kier alpha value is -3.42. The van der Waals surface area contributed by atoms with Gasteiger partial charge in [0.25, 0.3) is 11.6 Å². The maximum Gasteiger partial charge on any atom is 0.324 e. The van der Waals surface area contributed by atoms with E-state index in [1.54, 1.807) is 42.9 Å². The lowest BCUT2D eigenvalue weighted by atomic mass is 9.83. The van der Waals surface area contributed by atoms with E-state index in [0.29, 0.717) is 11.3 Å². The topological polar surface area (TPSA) is 97.4 Å². The van der Waals surface area contributed by atoms with Crippen LogP contribution in [0, 0.1) is 25.0 Å². The second-order valence-corrected chi connectivity index (χ2v) is 8.04. The number of fused-ring (bicyclic) bond motifs is 1. The maximum absolute atomic E-state index is 13.1. The number of pyridine rings is 1. The van der Waals surface area contributed by atoms with Gasteiger partial charge in [-0.3, -0.25) is 14.6 Å². The third-order valence-corrected chi connectivity index (χ3v) is 5.68. The lowest BCUT2D eigenvalue weighted by Crippen LogP contribution is -2.50. The fourth-order valence-corrected chi connectivity index (χ4v) is 3.98. The van der Waals surface area contributed by atoms with E-state index >= 15 is 0 Å². The number of rotatable bonds is 3. The van der Waals surface area contributed by atoms with Crippen LogP contribution in [0.3, 0.4) is 0 Å². The SMILES string of the molecule is Cc1c(C)[n+]([O-])c([C@@H](c2ccc3ncccc3c2)C2C(=O)OC(C)(C)OC2=O)n1C. The van der Waals surface area contributed by atoms with Gasteiger partial charge in [-0.1, -0.05) is 12.1 Å². The number of ether oxygens (including phenoxy) is 2. The molecular formula is C22H23N3O5. The van der Waals surface area contributed by atoms with Gasteiger partial charge in [0.15, 0.2) is 5.92 Å². The molecule has 1 aromatic carbocycles. The molecule has 8 nitrogen and oxygen atoms in total. The molecule has 0 N–H and O–H groups in total. The molecule has 8 heteroatoms. The van der Waals surface area contributed by atoms with E-state index in [4.69, 9.17) is 9.47 Å². The highest BCUT2D eigenvalue weighted by atomic mass is 16.7. The summed E-state index contributed by atoms with van der Waals surface area (Å²) in [6, 6.07) is 9.11. The van der Waals surface area contributed by atoms with Crippen LogP contribution in [0.4, 0.5) is 0 Å². The molecule has 0 bridgehead atoms. The molecule has 0 radical (unpaired) electrons. The Morgan fingerprint density at radius 2 is 1.83 bits per heavy atom. The van der Waals surface area contributed by atoms with Crippen molar-refractivity contribution in [3.8, 4) is 0 Å². The summed E-state index contributed by atoms with van der Waals surface area (Å²) in [6.07, 6.45) is 1.69. The summed E-state index contributed by atoms with van der Waals surface area (Å²) in [5.41, 5.74) is 2.63. The fraction of sp³-hybridized carbons (Fsp3) is 0.364. The summed E-state index contributed by atoms with van der Waals surface area (Å²) in [5.74, 6) is -4.71. The van der Waals surface area contributed by atoms with E-state index in [9.17, 15) is 14.8 Å². The molecule has 1 fully saturated rings. The average Bonchev–Trinajstić information content (AvgIpc) is 2.87. The normalized spacial score (nSPS) is 17.6.